The topological polar surface area (TPSA) is 128 Å². The quantitative estimate of drug-likeness (QED) is 0.0761. The lowest BCUT2D eigenvalue weighted by atomic mass is 10.0. The molecule has 1 unspecified atom stereocenters. The van der Waals surface area contributed by atoms with E-state index in [1.54, 1.807) is 0 Å². The molecule has 0 heterocycles. The first-order chi connectivity index (χ1) is 13.8. The summed E-state index contributed by atoms with van der Waals surface area (Å²) in [6.45, 7) is 2.86. The van der Waals surface area contributed by atoms with Gasteiger partial charge in [0, 0.05) is 12.6 Å². The van der Waals surface area contributed by atoms with Crippen LogP contribution in [0.5, 0.6) is 0 Å². The molecule has 0 amide bonds. The molecule has 0 aromatic carbocycles. The van der Waals surface area contributed by atoms with Gasteiger partial charge >= 0.3 is 10.3 Å². The normalized spacial score (nSPS) is 12.8. The summed E-state index contributed by atoms with van der Waals surface area (Å²) in [5, 5.41) is 9.83. The van der Waals surface area contributed by atoms with Gasteiger partial charge in [-0.25, -0.2) is 0 Å². The SMILES string of the molecule is CCCCCCCCCCCCCCCC(CCCCNC(=N)N)NS(=O)(=O)O. The van der Waals surface area contributed by atoms with Gasteiger partial charge in [0.2, 0.25) is 0 Å². The summed E-state index contributed by atoms with van der Waals surface area (Å²) < 4.78 is 33.7. The van der Waals surface area contributed by atoms with Crippen LogP contribution in [0.1, 0.15) is 116 Å². The molecule has 0 rings (SSSR count). The maximum Gasteiger partial charge on any atom is 0.333 e. The molecule has 174 valence electrons. The van der Waals surface area contributed by atoms with Crippen molar-refractivity contribution >= 4 is 16.3 Å². The minimum atomic E-state index is -4.17. The van der Waals surface area contributed by atoms with E-state index in [1.807, 2.05) is 0 Å². The van der Waals surface area contributed by atoms with E-state index in [0.717, 1.165) is 32.1 Å². The lowest BCUT2D eigenvalue weighted by Gasteiger charge is -2.16. The molecule has 0 spiro atoms. The summed E-state index contributed by atoms with van der Waals surface area (Å²) in [4.78, 5) is 0. The van der Waals surface area contributed by atoms with Crippen LogP contribution in [0.4, 0.5) is 0 Å². The Hall–Kier alpha value is -0.860. The molecule has 0 aliphatic carbocycles. The van der Waals surface area contributed by atoms with Crippen molar-refractivity contribution in [3.63, 3.8) is 0 Å². The number of rotatable bonds is 21. The molecule has 0 saturated carbocycles. The molecule has 0 fully saturated rings. The highest BCUT2D eigenvalue weighted by Gasteiger charge is 2.14. The number of hydrogen-bond donors (Lipinski definition) is 5. The summed E-state index contributed by atoms with van der Waals surface area (Å²) >= 11 is 0. The highest BCUT2D eigenvalue weighted by molar-refractivity contribution is 7.83. The molecular formula is C21H46N4O3S. The third-order valence-corrected chi connectivity index (χ3v) is 5.90. The Labute approximate surface area is 179 Å². The van der Waals surface area contributed by atoms with E-state index in [-0.39, 0.29) is 12.0 Å². The van der Waals surface area contributed by atoms with Gasteiger partial charge in [-0.05, 0) is 19.3 Å². The zero-order chi connectivity index (χ0) is 21.8. The molecular weight excluding hydrogens is 388 g/mol. The molecule has 8 heteroatoms. The second-order valence-electron chi connectivity index (χ2n) is 8.16. The fraction of sp³-hybridized carbons (Fsp3) is 0.952. The molecule has 29 heavy (non-hydrogen) atoms. The summed E-state index contributed by atoms with van der Waals surface area (Å²) in [7, 11) is -4.17. The van der Waals surface area contributed by atoms with E-state index < -0.39 is 10.3 Å². The van der Waals surface area contributed by atoms with Crippen LogP contribution >= 0.6 is 0 Å². The standard InChI is InChI=1S/C21H46N4O3S/c1-2-3-4-5-6-7-8-9-10-11-12-13-14-17-20(25-29(26,27)28)18-15-16-19-24-21(22)23/h20,25H,2-19H2,1H3,(H4,22,23,24)(H,26,27,28). The molecule has 6 N–H and O–H groups in total. The van der Waals surface area contributed by atoms with Crippen molar-refractivity contribution in [2.75, 3.05) is 6.54 Å². The van der Waals surface area contributed by atoms with Crippen molar-refractivity contribution in [3.05, 3.63) is 0 Å². The van der Waals surface area contributed by atoms with Crippen LogP contribution in [-0.4, -0.2) is 31.5 Å². The largest absolute Gasteiger partial charge is 0.370 e. The first kappa shape index (κ1) is 28.1. The fourth-order valence-electron chi connectivity index (χ4n) is 3.62. The highest BCUT2D eigenvalue weighted by atomic mass is 32.2. The van der Waals surface area contributed by atoms with Gasteiger partial charge in [0.15, 0.2) is 5.96 Å². The van der Waals surface area contributed by atoms with Crippen molar-refractivity contribution in [2.24, 2.45) is 5.73 Å². The monoisotopic (exact) mass is 434 g/mol. The van der Waals surface area contributed by atoms with Gasteiger partial charge in [0.1, 0.15) is 0 Å². The van der Waals surface area contributed by atoms with Crippen LogP contribution in [0.3, 0.4) is 0 Å². The van der Waals surface area contributed by atoms with Gasteiger partial charge in [-0.1, -0.05) is 96.8 Å². The number of hydrogen-bond acceptors (Lipinski definition) is 3. The van der Waals surface area contributed by atoms with Crippen LogP contribution in [0.2, 0.25) is 0 Å². The van der Waals surface area contributed by atoms with Gasteiger partial charge in [-0.3, -0.25) is 9.96 Å². The Morgan fingerprint density at radius 2 is 1.24 bits per heavy atom. The second kappa shape index (κ2) is 19.1. The van der Waals surface area contributed by atoms with E-state index in [2.05, 4.69) is 17.0 Å². The van der Waals surface area contributed by atoms with Crippen LogP contribution in [0.15, 0.2) is 0 Å². The summed E-state index contributed by atoms with van der Waals surface area (Å²) in [5.74, 6) is -0.0513. The van der Waals surface area contributed by atoms with Gasteiger partial charge in [0.05, 0.1) is 0 Å². The Bertz CT molecular complexity index is 486. The lowest BCUT2D eigenvalue weighted by Crippen LogP contribution is -2.34. The number of nitrogens with two attached hydrogens (primary N) is 1. The Morgan fingerprint density at radius 3 is 1.66 bits per heavy atom. The van der Waals surface area contributed by atoms with Gasteiger partial charge < -0.3 is 11.1 Å². The van der Waals surface area contributed by atoms with E-state index >= 15 is 0 Å². The predicted octanol–water partition coefficient (Wildman–Crippen LogP) is 4.88. The van der Waals surface area contributed by atoms with E-state index in [9.17, 15) is 8.42 Å². The van der Waals surface area contributed by atoms with E-state index in [4.69, 9.17) is 15.7 Å². The zero-order valence-electron chi connectivity index (χ0n) is 18.6. The smallest absolute Gasteiger partial charge is 0.333 e. The molecule has 0 aliphatic heterocycles. The first-order valence-corrected chi connectivity index (χ1v) is 13.1. The van der Waals surface area contributed by atoms with Crippen LogP contribution in [-0.2, 0) is 10.3 Å². The molecule has 1 atom stereocenters. The minimum Gasteiger partial charge on any atom is -0.370 e. The molecule has 0 radical (unpaired) electrons. The van der Waals surface area contributed by atoms with Crippen LogP contribution < -0.4 is 15.8 Å². The highest BCUT2D eigenvalue weighted by Crippen LogP contribution is 2.15. The third-order valence-electron chi connectivity index (χ3n) is 5.27. The van der Waals surface area contributed by atoms with Crippen molar-refractivity contribution in [1.82, 2.24) is 10.0 Å². The third kappa shape index (κ3) is 23.3. The Kier molecular flexibility index (Phi) is 18.6. The van der Waals surface area contributed by atoms with Crippen molar-refractivity contribution < 1.29 is 13.0 Å². The molecule has 0 bridgehead atoms. The van der Waals surface area contributed by atoms with Gasteiger partial charge in [-0.15, -0.1) is 0 Å². The maximum atomic E-state index is 11.1. The Balaban J connectivity index is 3.68. The van der Waals surface area contributed by atoms with Gasteiger partial charge in [-0.2, -0.15) is 13.1 Å². The van der Waals surface area contributed by atoms with Crippen molar-refractivity contribution in [3.8, 4) is 0 Å². The summed E-state index contributed by atoms with van der Waals surface area (Å²) in [6.07, 6.45) is 19.8. The average molecular weight is 435 g/mol. The second-order valence-corrected chi connectivity index (χ2v) is 9.34. The number of nitrogens with one attached hydrogen (secondary N) is 3. The van der Waals surface area contributed by atoms with Crippen LogP contribution in [0, 0.1) is 5.41 Å². The van der Waals surface area contributed by atoms with Gasteiger partial charge in [0.25, 0.3) is 0 Å². The Morgan fingerprint density at radius 1 is 0.828 bits per heavy atom. The molecule has 0 aliphatic rings. The fourth-order valence-corrected chi connectivity index (χ4v) is 4.28. The van der Waals surface area contributed by atoms with Crippen molar-refractivity contribution in [1.29, 1.82) is 5.41 Å². The number of guanidine groups is 1. The molecule has 0 saturated heterocycles. The van der Waals surface area contributed by atoms with E-state index in [0.29, 0.717) is 13.0 Å². The van der Waals surface area contributed by atoms with Crippen LogP contribution in [0.25, 0.3) is 0 Å². The van der Waals surface area contributed by atoms with E-state index in [1.165, 1.54) is 70.6 Å². The lowest BCUT2D eigenvalue weighted by molar-refractivity contribution is 0.418. The summed E-state index contributed by atoms with van der Waals surface area (Å²) in [6, 6.07) is -0.227. The molecule has 0 aromatic heterocycles. The average Bonchev–Trinajstić information content (AvgIpc) is 2.63. The number of unbranched alkanes of at least 4 members (excludes halogenated alkanes) is 13. The first-order valence-electron chi connectivity index (χ1n) is 11.7. The van der Waals surface area contributed by atoms with Crippen molar-refractivity contribution in [2.45, 2.75) is 122 Å². The molecule has 0 aromatic rings. The zero-order valence-corrected chi connectivity index (χ0v) is 19.4. The maximum absolute atomic E-state index is 11.1. The minimum absolute atomic E-state index is 0.0513. The summed E-state index contributed by atoms with van der Waals surface area (Å²) in [5.41, 5.74) is 5.23. The predicted molar refractivity (Wildman–Crippen MR) is 123 cm³/mol. The molecule has 7 nitrogen and oxygen atoms in total.